The Morgan fingerprint density at radius 3 is 2.60 bits per heavy atom. The van der Waals surface area contributed by atoms with Gasteiger partial charge in [-0.25, -0.2) is 4.98 Å². The fourth-order valence-electron chi connectivity index (χ4n) is 4.16. The number of nitrogens with zero attached hydrogens (tertiary/aromatic N) is 1. The van der Waals surface area contributed by atoms with Gasteiger partial charge in [0.2, 0.25) is 0 Å². The van der Waals surface area contributed by atoms with E-state index in [1.54, 1.807) is 18.3 Å². The maximum atomic E-state index is 11.5. The SMILES string of the molecule is Cc1sc(-c2ccccc2)nc1CCOc1ccc(C(C)C(=O)O)c2c1CCCC2. The number of benzene rings is 2. The predicted molar refractivity (Wildman–Crippen MR) is 121 cm³/mol. The van der Waals surface area contributed by atoms with Gasteiger partial charge < -0.3 is 9.84 Å². The van der Waals surface area contributed by atoms with Crippen molar-refractivity contribution in [3.05, 3.63) is 69.7 Å². The molecule has 1 unspecified atom stereocenters. The summed E-state index contributed by atoms with van der Waals surface area (Å²) in [6.45, 7) is 4.45. The van der Waals surface area contributed by atoms with E-state index in [4.69, 9.17) is 9.72 Å². The summed E-state index contributed by atoms with van der Waals surface area (Å²) in [5.41, 5.74) is 5.56. The molecule has 0 saturated heterocycles. The summed E-state index contributed by atoms with van der Waals surface area (Å²) in [6, 6.07) is 14.2. The average Bonchev–Trinajstić information content (AvgIpc) is 3.14. The molecule has 1 atom stereocenters. The zero-order valence-electron chi connectivity index (χ0n) is 17.5. The van der Waals surface area contributed by atoms with Crippen molar-refractivity contribution in [2.75, 3.05) is 6.61 Å². The summed E-state index contributed by atoms with van der Waals surface area (Å²) in [5, 5.41) is 10.5. The molecule has 0 amide bonds. The second-order valence-corrected chi connectivity index (χ2v) is 9.07. The molecular formula is C25H27NO3S. The van der Waals surface area contributed by atoms with Gasteiger partial charge in [-0.15, -0.1) is 11.3 Å². The second kappa shape index (κ2) is 9.00. The van der Waals surface area contributed by atoms with Gasteiger partial charge in [-0.1, -0.05) is 36.4 Å². The van der Waals surface area contributed by atoms with Crippen LogP contribution in [0.5, 0.6) is 5.75 Å². The van der Waals surface area contributed by atoms with E-state index in [2.05, 4.69) is 19.1 Å². The summed E-state index contributed by atoms with van der Waals surface area (Å²) in [6.07, 6.45) is 4.89. The van der Waals surface area contributed by atoms with E-state index in [0.717, 1.165) is 59.7 Å². The number of aryl methyl sites for hydroxylation is 1. The molecule has 1 heterocycles. The fourth-order valence-corrected chi connectivity index (χ4v) is 5.12. The number of hydrogen-bond donors (Lipinski definition) is 1. The van der Waals surface area contributed by atoms with Gasteiger partial charge in [-0.3, -0.25) is 4.79 Å². The molecule has 1 aromatic heterocycles. The molecule has 3 aromatic rings. The van der Waals surface area contributed by atoms with E-state index >= 15 is 0 Å². The van der Waals surface area contributed by atoms with Crippen LogP contribution in [0.3, 0.4) is 0 Å². The molecule has 0 spiro atoms. The largest absolute Gasteiger partial charge is 0.493 e. The fraction of sp³-hybridized carbons (Fsp3) is 0.360. The Kier molecular flexibility index (Phi) is 6.18. The van der Waals surface area contributed by atoms with Crippen molar-refractivity contribution in [3.8, 4) is 16.3 Å². The molecule has 0 aliphatic heterocycles. The van der Waals surface area contributed by atoms with Gasteiger partial charge in [0, 0.05) is 16.9 Å². The van der Waals surface area contributed by atoms with Crippen LogP contribution < -0.4 is 4.74 Å². The highest BCUT2D eigenvalue weighted by Gasteiger charge is 2.24. The third-order valence-corrected chi connectivity index (χ3v) is 6.94. The summed E-state index contributed by atoms with van der Waals surface area (Å²) >= 11 is 1.72. The topological polar surface area (TPSA) is 59.4 Å². The highest BCUT2D eigenvalue weighted by molar-refractivity contribution is 7.15. The lowest BCUT2D eigenvalue weighted by Crippen LogP contribution is -2.15. The predicted octanol–water partition coefficient (Wildman–Crippen LogP) is 5.81. The van der Waals surface area contributed by atoms with E-state index in [1.165, 1.54) is 16.0 Å². The monoisotopic (exact) mass is 421 g/mol. The summed E-state index contributed by atoms with van der Waals surface area (Å²) in [4.78, 5) is 17.6. The normalized spacial score (nSPS) is 14.2. The summed E-state index contributed by atoms with van der Waals surface area (Å²) < 4.78 is 6.19. The molecule has 1 aliphatic carbocycles. The minimum Gasteiger partial charge on any atom is -0.493 e. The minimum absolute atomic E-state index is 0.486. The molecular weight excluding hydrogens is 394 g/mol. The van der Waals surface area contributed by atoms with Crippen LogP contribution in [0, 0.1) is 6.92 Å². The number of fused-ring (bicyclic) bond motifs is 1. The Labute approximate surface area is 181 Å². The smallest absolute Gasteiger partial charge is 0.310 e. The van der Waals surface area contributed by atoms with Gasteiger partial charge in [0.15, 0.2) is 0 Å². The highest BCUT2D eigenvalue weighted by Crippen LogP contribution is 2.36. The van der Waals surface area contributed by atoms with Gasteiger partial charge in [-0.05, 0) is 62.3 Å². The van der Waals surface area contributed by atoms with Gasteiger partial charge in [0.05, 0.1) is 18.2 Å². The standard InChI is InChI=1S/C25H27NO3S/c1-16(25(27)28)19-12-13-23(21-11-7-6-10-20(19)21)29-15-14-22-17(2)30-24(26-22)18-8-4-3-5-9-18/h3-5,8-9,12-13,16H,6-7,10-11,14-15H2,1-2H3,(H,27,28). The second-order valence-electron chi connectivity index (χ2n) is 7.86. The van der Waals surface area contributed by atoms with E-state index in [1.807, 2.05) is 30.3 Å². The van der Waals surface area contributed by atoms with Crippen LogP contribution in [0.25, 0.3) is 10.6 Å². The van der Waals surface area contributed by atoms with Crippen LogP contribution in [0.2, 0.25) is 0 Å². The van der Waals surface area contributed by atoms with Gasteiger partial charge in [0.1, 0.15) is 10.8 Å². The first-order valence-corrected chi connectivity index (χ1v) is 11.4. The minimum atomic E-state index is -0.773. The lowest BCUT2D eigenvalue weighted by molar-refractivity contribution is -0.138. The zero-order chi connectivity index (χ0) is 21.1. The van der Waals surface area contributed by atoms with E-state index < -0.39 is 11.9 Å². The highest BCUT2D eigenvalue weighted by atomic mass is 32.1. The Morgan fingerprint density at radius 1 is 1.13 bits per heavy atom. The number of aliphatic carboxylic acids is 1. The first-order chi connectivity index (χ1) is 14.5. The summed E-state index contributed by atoms with van der Waals surface area (Å²) in [5.74, 6) is -0.355. The summed E-state index contributed by atoms with van der Waals surface area (Å²) in [7, 11) is 0. The number of carboxylic acid groups (broad SMARTS) is 1. The van der Waals surface area contributed by atoms with Crippen LogP contribution >= 0.6 is 11.3 Å². The van der Waals surface area contributed by atoms with Crippen LogP contribution in [0.1, 0.15) is 52.9 Å². The molecule has 1 N–H and O–H groups in total. The average molecular weight is 422 g/mol. The van der Waals surface area contributed by atoms with Crippen molar-refractivity contribution in [2.24, 2.45) is 0 Å². The third-order valence-electron chi connectivity index (χ3n) is 5.87. The Morgan fingerprint density at radius 2 is 1.87 bits per heavy atom. The molecule has 156 valence electrons. The van der Waals surface area contributed by atoms with E-state index in [0.29, 0.717) is 6.61 Å². The van der Waals surface area contributed by atoms with E-state index in [9.17, 15) is 9.90 Å². The molecule has 30 heavy (non-hydrogen) atoms. The Hall–Kier alpha value is -2.66. The first kappa shape index (κ1) is 20.6. The quantitative estimate of drug-likeness (QED) is 0.523. The van der Waals surface area contributed by atoms with Crippen molar-refractivity contribution >= 4 is 17.3 Å². The lowest BCUT2D eigenvalue weighted by Gasteiger charge is -2.24. The first-order valence-electron chi connectivity index (χ1n) is 10.6. The van der Waals surface area contributed by atoms with E-state index in [-0.39, 0.29) is 0 Å². The molecule has 0 saturated carbocycles. The van der Waals surface area contributed by atoms with Crippen LogP contribution in [0.4, 0.5) is 0 Å². The number of hydrogen-bond acceptors (Lipinski definition) is 4. The van der Waals surface area contributed by atoms with Gasteiger partial charge in [-0.2, -0.15) is 0 Å². The van der Waals surface area contributed by atoms with Crippen molar-refractivity contribution in [3.63, 3.8) is 0 Å². The molecule has 5 heteroatoms. The maximum absolute atomic E-state index is 11.5. The number of carboxylic acids is 1. The number of rotatable bonds is 7. The lowest BCUT2D eigenvalue weighted by atomic mass is 9.83. The number of carbonyl (C=O) groups is 1. The maximum Gasteiger partial charge on any atom is 0.310 e. The number of aromatic nitrogens is 1. The molecule has 4 nitrogen and oxygen atoms in total. The molecule has 0 radical (unpaired) electrons. The molecule has 2 aromatic carbocycles. The zero-order valence-corrected chi connectivity index (χ0v) is 18.3. The van der Waals surface area contributed by atoms with Crippen LogP contribution in [-0.4, -0.2) is 22.7 Å². The molecule has 4 rings (SSSR count). The van der Waals surface area contributed by atoms with Crippen molar-refractivity contribution in [2.45, 2.75) is 51.9 Å². The van der Waals surface area contributed by atoms with Crippen molar-refractivity contribution in [1.29, 1.82) is 0 Å². The van der Waals surface area contributed by atoms with Crippen LogP contribution in [0.15, 0.2) is 42.5 Å². The number of thiazole rings is 1. The van der Waals surface area contributed by atoms with Crippen LogP contribution in [-0.2, 0) is 24.1 Å². The van der Waals surface area contributed by atoms with Gasteiger partial charge >= 0.3 is 5.97 Å². The molecule has 1 aliphatic rings. The van der Waals surface area contributed by atoms with Crippen molar-refractivity contribution in [1.82, 2.24) is 4.98 Å². The number of ether oxygens (including phenoxy) is 1. The third kappa shape index (κ3) is 4.26. The van der Waals surface area contributed by atoms with Gasteiger partial charge in [0.25, 0.3) is 0 Å². The molecule has 0 bridgehead atoms. The molecule has 0 fully saturated rings. The van der Waals surface area contributed by atoms with Crippen molar-refractivity contribution < 1.29 is 14.6 Å². The Balaban J connectivity index is 1.48. The Bertz CT molecular complexity index is 1040.